The molecule has 2 aromatic rings. The monoisotopic (exact) mass is 180 g/mol. The summed E-state index contributed by atoms with van der Waals surface area (Å²) in [6, 6.07) is 0. The van der Waals surface area contributed by atoms with E-state index in [2.05, 4.69) is 10.1 Å². The Labute approximate surface area is 72.4 Å². The smallest absolute Gasteiger partial charge is 0.293 e. The highest BCUT2D eigenvalue weighted by molar-refractivity contribution is 5.72. The molecule has 68 valence electrons. The Hall–Kier alpha value is -1.85. The average Bonchev–Trinajstić information content (AvgIpc) is 2.44. The van der Waals surface area contributed by atoms with Crippen molar-refractivity contribution in [3.63, 3.8) is 0 Å². The van der Waals surface area contributed by atoms with Gasteiger partial charge in [-0.05, 0) is 0 Å². The van der Waals surface area contributed by atoms with Crippen molar-refractivity contribution >= 4 is 11.0 Å². The van der Waals surface area contributed by atoms with Crippen LogP contribution < -0.4 is 11.2 Å². The van der Waals surface area contributed by atoms with Crippen LogP contribution in [0.2, 0.25) is 0 Å². The second-order valence-corrected chi connectivity index (χ2v) is 2.82. The Morgan fingerprint density at radius 1 is 1.38 bits per heavy atom. The van der Waals surface area contributed by atoms with Gasteiger partial charge in [0.25, 0.3) is 5.56 Å². The third kappa shape index (κ3) is 0.915. The molecule has 1 N–H and O–H groups in total. The number of hydrogen-bond donors (Lipinski definition) is 1. The highest BCUT2D eigenvalue weighted by atomic mass is 16.2. The zero-order valence-corrected chi connectivity index (χ0v) is 7.24. The number of hydrogen-bond acceptors (Lipinski definition) is 3. The van der Waals surface area contributed by atoms with E-state index in [0.29, 0.717) is 11.0 Å². The van der Waals surface area contributed by atoms with Crippen molar-refractivity contribution in [1.29, 1.82) is 0 Å². The molecule has 0 radical (unpaired) electrons. The molecular formula is C7H8N4O2. The summed E-state index contributed by atoms with van der Waals surface area (Å²) in [6.07, 6.45) is 1.49. The lowest BCUT2D eigenvalue weighted by Gasteiger charge is -1.97. The van der Waals surface area contributed by atoms with Gasteiger partial charge < -0.3 is 0 Å². The molecule has 2 aromatic heterocycles. The summed E-state index contributed by atoms with van der Waals surface area (Å²) in [5.41, 5.74) is 0.113. The van der Waals surface area contributed by atoms with Gasteiger partial charge in [-0.2, -0.15) is 5.10 Å². The summed E-state index contributed by atoms with van der Waals surface area (Å²) >= 11 is 0. The molecule has 0 aliphatic carbocycles. The van der Waals surface area contributed by atoms with Crippen LogP contribution in [0.15, 0.2) is 15.8 Å². The van der Waals surface area contributed by atoms with Gasteiger partial charge in [-0.1, -0.05) is 0 Å². The Morgan fingerprint density at radius 3 is 2.77 bits per heavy atom. The van der Waals surface area contributed by atoms with E-state index in [9.17, 15) is 9.59 Å². The standard InChI is InChI=1S/C7H8N4O2/c1-10-4-3-8-11(2)5(4)6(12)9-7(10)13/h3H,1-2H3,(H,9,12,13). The highest BCUT2D eigenvalue weighted by Gasteiger charge is 2.07. The fourth-order valence-corrected chi connectivity index (χ4v) is 1.28. The quantitative estimate of drug-likeness (QED) is 0.562. The summed E-state index contributed by atoms with van der Waals surface area (Å²) in [7, 11) is 3.24. The SMILES string of the molecule is Cn1ncc2c1c(=O)[nH]c(=O)n2C. The lowest BCUT2D eigenvalue weighted by Crippen LogP contribution is -2.28. The molecule has 0 atom stereocenters. The maximum Gasteiger partial charge on any atom is 0.328 e. The Morgan fingerprint density at radius 2 is 2.08 bits per heavy atom. The first kappa shape index (κ1) is 7.78. The zero-order chi connectivity index (χ0) is 9.59. The van der Waals surface area contributed by atoms with Crippen LogP contribution in [0.3, 0.4) is 0 Å². The van der Waals surface area contributed by atoms with Gasteiger partial charge in [0, 0.05) is 14.1 Å². The summed E-state index contributed by atoms with van der Waals surface area (Å²) in [5, 5.41) is 3.90. The fraction of sp³-hybridized carbons (Fsp3) is 0.286. The molecular weight excluding hydrogens is 172 g/mol. The first-order valence-corrected chi connectivity index (χ1v) is 3.72. The number of aromatic amines is 1. The minimum atomic E-state index is -0.425. The first-order valence-electron chi connectivity index (χ1n) is 3.72. The van der Waals surface area contributed by atoms with Gasteiger partial charge in [0.15, 0.2) is 0 Å². The van der Waals surface area contributed by atoms with Crippen molar-refractivity contribution in [3.8, 4) is 0 Å². The Kier molecular flexibility index (Phi) is 1.39. The third-order valence-electron chi connectivity index (χ3n) is 2.02. The predicted octanol–water partition coefficient (Wildman–Crippen LogP) is -1.04. The van der Waals surface area contributed by atoms with Crippen LogP contribution in [0.25, 0.3) is 11.0 Å². The normalized spacial score (nSPS) is 10.9. The molecule has 0 fully saturated rings. The van der Waals surface area contributed by atoms with Crippen molar-refractivity contribution in [2.24, 2.45) is 14.1 Å². The third-order valence-corrected chi connectivity index (χ3v) is 2.02. The van der Waals surface area contributed by atoms with Crippen molar-refractivity contribution in [1.82, 2.24) is 19.3 Å². The van der Waals surface area contributed by atoms with Crippen LogP contribution in [-0.4, -0.2) is 19.3 Å². The van der Waals surface area contributed by atoms with Gasteiger partial charge in [-0.25, -0.2) is 4.79 Å². The molecule has 0 aromatic carbocycles. The number of nitrogens with zero attached hydrogens (tertiary/aromatic N) is 3. The minimum absolute atomic E-state index is 0.405. The van der Waals surface area contributed by atoms with Gasteiger partial charge in [-0.15, -0.1) is 0 Å². The molecule has 0 spiro atoms. The van der Waals surface area contributed by atoms with E-state index < -0.39 is 11.2 Å². The summed E-state index contributed by atoms with van der Waals surface area (Å²) in [6.45, 7) is 0. The largest absolute Gasteiger partial charge is 0.328 e. The van der Waals surface area contributed by atoms with Gasteiger partial charge in [-0.3, -0.25) is 19.0 Å². The number of rotatable bonds is 0. The van der Waals surface area contributed by atoms with E-state index >= 15 is 0 Å². The van der Waals surface area contributed by atoms with Crippen LogP contribution >= 0.6 is 0 Å². The van der Waals surface area contributed by atoms with Crippen LogP contribution in [0.4, 0.5) is 0 Å². The maximum absolute atomic E-state index is 11.3. The molecule has 6 heteroatoms. The zero-order valence-electron chi connectivity index (χ0n) is 7.24. The average molecular weight is 180 g/mol. The van der Waals surface area contributed by atoms with Crippen LogP contribution in [-0.2, 0) is 14.1 Å². The van der Waals surface area contributed by atoms with Gasteiger partial charge in [0.1, 0.15) is 5.52 Å². The van der Waals surface area contributed by atoms with E-state index in [0.717, 1.165) is 0 Å². The highest BCUT2D eigenvalue weighted by Crippen LogP contribution is 2.02. The van der Waals surface area contributed by atoms with Gasteiger partial charge in [0.2, 0.25) is 0 Å². The van der Waals surface area contributed by atoms with E-state index in [1.54, 1.807) is 14.1 Å². The van der Waals surface area contributed by atoms with E-state index in [-0.39, 0.29) is 0 Å². The molecule has 0 unspecified atom stereocenters. The van der Waals surface area contributed by atoms with E-state index in [1.807, 2.05) is 0 Å². The number of H-pyrrole nitrogens is 1. The molecule has 0 amide bonds. The first-order chi connectivity index (χ1) is 6.11. The second-order valence-electron chi connectivity index (χ2n) is 2.82. The molecule has 2 heterocycles. The van der Waals surface area contributed by atoms with Crippen LogP contribution in [0, 0.1) is 0 Å². The van der Waals surface area contributed by atoms with Crippen molar-refractivity contribution in [2.75, 3.05) is 0 Å². The summed E-state index contributed by atoms with van der Waals surface area (Å²) < 4.78 is 2.79. The summed E-state index contributed by atoms with van der Waals surface area (Å²) in [4.78, 5) is 24.6. The van der Waals surface area contributed by atoms with Crippen molar-refractivity contribution < 1.29 is 0 Å². The molecule has 13 heavy (non-hydrogen) atoms. The summed E-state index contributed by atoms with van der Waals surface area (Å²) in [5.74, 6) is 0. The molecule has 0 saturated carbocycles. The topological polar surface area (TPSA) is 72.7 Å². The van der Waals surface area contributed by atoms with E-state index in [4.69, 9.17) is 0 Å². The molecule has 2 rings (SSSR count). The molecule has 0 aliphatic heterocycles. The predicted molar refractivity (Wildman–Crippen MR) is 46.6 cm³/mol. The van der Waals surface area contributed by atoms with Crippen molar-refractivity contribution in [3.05, 3.63) is 27.0 Å². The molecule has 0 saturated heterocycles. The van der Waals surface area contributed by atoms with Crippen LogP contribution in [0.5, 0.6) is 0 Å². The maximum atomic E-state index is 11.3. The molecule has 0 bridgehead atoms. The lowest BCUT2D eigenvalue weighted by molar-refractivity contribution is 0.786. The minimum Gasteiger partial charge on any atom is -0.293 e. The number of aromatic nitrogens is 4. The molecule has 0 aliphatic rings. The number of aryl methyl sites for hydroxylation is 2. The lowest BCUT2D eigenvalue weighted by atomic mass is 10.4. The number of nitrogens with one attached hydrogen (secondary N) is 1. The van der Waals surface area contributed by atoms with Gasteiger partial charge in [0.05, 0.1) is 11.7 Å². The fourth-order valence-electron chi connectivity index (χ4n) is 1.28. The Bertz CT molecular complexity index is 574. The van der Waals surface area contributed by atoms with E-state index in [1.165, 1.54) is 15.4 Å². The molecule has 6 nitrogen and oxygen atoms in total. The van der Waals surface area contributed by atoms with Gasteiger partial charge >= 0.3 is 5.69 Å². The second kappa shape index (κ2) is 2.32. The van der Waals surface area contributed by atoms with Crippen LogP contribution in [0.1, 0.15) is 0 Å². The number of fused-ring (bicyclic) bond motifs is 1. The van der Waals surface area contributed by atoms with Crippen molar-refractivity contribution in [2.45, 2.75) is 0 Å². The Balaban J connectivity index is 3.18.